The van der Waals surface area contributed by atoms with Crippen molar-refractivity contribution in [3.8, 4) is 0 Å². The summed E-state index contributed by atoms with van der Waals surface area (Å²) < 4.78 is 6.02. The topological polar surface area (TPSA) is 26.3 Å². The third-order valence-electron chi connectivity index (χ3n) is 1.71. The normalized spacial score (nSPS) is 11.9. The summed E-state index contributed by atoms with van der Waals surface area (Å²) in [7, 11) is 0. The Kier molecular flexibility index (Phi) is 4.54. The quantitative estimate of drug-likeness (QED) is 0.475. The number of hydrogen-bond donors (Lipinski definition) is 0. The van der Waals surface area contributed by atoms with E-state index in [-0.39, 0.29) is 0 Å². The van der Waals surface area contributed by atoms with Crippen molar-refractivity contribution in [3.63, 3.8) is 0 Å². The van der Waals surface area contributed by atoms with E-state index in [9.17, 15) is 4.79 Å². The molecule has 0 aromatic heterocycles. The van der Waals surface area contributed by atoms with Gasteiger partial charge < -0.3 is 4.74 Å². The Labute approximate surface area is 106 Å². The Hall–Kier alpha value is -0.610. The molecule has 0 saturated carbocycles. The maximum absolute atomic E-state index is 11.3. The number of esters is 1. The molecule has 0 bridgehead atoms. The number of halogens is 2. The molecule has 0 radical (unpaired) electrons. The minimum absolute atomic E-state index is 0.381. The van der Waals surface area contributed by atoms with Crippen molar-refractivity contribution < 1.29 is 9.53 Å². The average molecular weight is 334 g/mol. The lowest BCUT2D eigenvalue weighted by Gasteiger charge is -2.13. The monoisotopic (exact) mass is 332 g/mol. The van der Waals surface area contributed by atoms with E-state index in [1.165, 1.54) is 0 Å². The summed E-state index contributed by atoms with van der Waals surface area (Å²) in [6.45, 7) is 5.13. The molecule has 80 valence electrons. The first-order valence-corrected chi connectivity index (χ1v) is 5.98. The molecule has 0 saturated heterocycles. The van der Waals surface area contributed by atoms with Gasteiger partial charge in [-0.1, -0.05) is 40.7 Å². The SMILES string of the molecule is C=C(C)C(=O)OC(Br)c1ccccc1Br. The number of ether oxygens (including phenoxy) is 1. The summed E-state index contributed by atoms with van der Waals surface area (Å²) in [6, 6.07) is 7.53. The molecule has 1 aromatic carbocycles. The first-order chi connectivity index (χ1) is 7.02. The fraction of sp³-hybridized carbons (Fsp3) is 0.182. The van der Waals surface area contributed by atoms with E-state index in [4.69, 9.17) is 4.74 Å². The fourth-order valence-corrected chi connectivity index (χ4v) is 2.29. The van der Waals surface area contributed by atoms with Gasteiger partial charge in [-0.2, -0.15) is 0 Å². The molecular formula is C11H10Br2O2. The highest BCUT2D eigenvalue weighted by Gasteiger charge is 2.15. The molecule has 2 nitrogen and oxygen atoms in total. The Bertz CT molecular complexity index is 388. The van der Waals surface area contributed by atoms with Crippen molar-refractivity contribution in [1.82, 2.24) is 0 Å². The summed E-state index contributed by atoms with van der Waals surface area (Å²) in [4.78, 5) is 11.3. The zero-order valence-electron chi connectivity index (χ0n) is 8.17. The number of benzene rings is 1. The van der Waals surface area contributed by atoms with Crippen LogP contribution in [0.1, 0.15) is 17.5 Å². The van der Waals surface area contributed by atoms with Gasteiger partial charge in [-0.15, -0.1) is 0 Å². The summed E-state index contributed by atoms with van der Waals surface area (Å²) in [5.41, 5.74) is 1.25. The van der Waals surface area contributed by atoms with Crippen LogP contribution in [-0.4, -0.2) is 5.97 Å². The van der Waals surface area contributed by atoms with Crippen LogP contribution in [0.25, 0.3) is 0 Å². The van der Waals surface area contributed by atoms with E-state index < -0.39 is 11.0 Å². The highest BCUT2D eigenvalue weighted by Crippen LogP contribution is 2.30. The molecule has 0 aliphatic heterocycles. The molecule has 0 aliphatic rings. The average Bonchev–Trinajstić information content (AvgIpc) is 2.18. The zero-order valence-corrected chi connectivity index (χ0v) is 11.3. The molecular weight excluding hydrogens is 324 g/mol. The lowest BCUT2D eigenvalue weighted by atomic mass is 10.2. The molecule has 1 atom stereocenters. The van der Waals surface area contributed by atoms with Crippen LogP contribution in [0.5, 0.6) is 0 Å². The summed E-state index contributed by atoms with van der Waals surface area (Å²) >= 11 is 6.67. The van der Waals surface area contributed by atoms with E-state index in [0.717, 1.165) is 10.0 Å². The van der Waals surface area contributed by atoms with Crippen LogP contribution in [0.2, 0.25) is 0 Å². The van der Waals surface area contributed by atoms with Crippen molar-refractivity contribution in [1.29, 1.82) is 0 Å². The van der Waals surface area contributed by atoms with Gasteiger partial charge in [0, 0.05) is 15.6 Å². The molecule has 0 N–H and O–H groups in total. The zero-order chi connectivity index (χ0) is 11.4. The minimum atomic E-state index is -0.461. The first-order valence-electron chi connectivity index (χ1n) is 4.27. The fourth-order valence-electron chi connectivity index (χ4n) is 0.917. The van der Waals surface area contributed by atoms with Gasteiger partial charge >= 0.3 is 5.97 Å². The van der Waals surface area contributed by atoms with E-state index in [1.807, 2.05) is 24.3 Å². The van der Waals surface area contributed by atoms with E-state index in [0.29, 0.717) is 5.57 Å². The second-order valence-corrected chi connectivity index (χ2v) is 4.71. The Balaban J connectivity index is 2.78. The smallest absolute Gasteiger partial charge is 0.334 e. The number of carbonyl (C=O) groups is 1. The van der Waals surface area contributed by atoms with Crippen molar-refractivity contribution in [2.75, 3.05) is 0 Å². The van der Waals surface area contributed by atoms with E-state index in [2.05, 4.69) is 38.4 Å². The van der Waals surface area contributed by atoms with Crippen LogP contribution in [0.4, 0.5) is 0 Å². The van der Waals surface area contributed by atoms with Crippen molar-refractivity contribution in [2.45, 2.75) is 11.9 Å². The van der Waals surface area contributed by atoms with E-state index in [1.54, 1.807) is 6.92 Å². The van der Waals surface area contributed by atoms with Gasteiger partial charge in [0.1, 0.15) is 0 Å². The Morgan fingerprint density at radius 3 is 2.60 bits per heavy atom. The summed E-state index contributed by atoms with van der Waals surface area (Å²) in [6.07, 6.45) is 0. The lowest BCUT2D eigenvalue weighted by Crippen LogP contribution is -2.07. The predicted molar refractivity (Wildman–Crippen MR) is 66.7 cm³/mol. The van der Waals surface area contributed by atoms with Crippen LogP contribution >= 0.6 is 31.9 Å². The molecule has 15 heavy (non-hydrogen) atoms. The van der Waals surface area contributed by atoms with Gasteiger partial charge in [-0.05, 0) is 28.9 Å². The molecule has 0 fully saturated rings. The van der Waals surface area contributed by atoms with Gasteiger partial charge in [0.25, 0.3) is 0 Å². The van der Waals surface area contributed by atoms with Crippen molar-refractivity contribution in [2.24, 2.45) is 0 Å². The largest absolute Gasteiger partial charge is 0.442 e. The van der Waals surface area contributed by atoms with Gasteiger partial charge in [0.15, 0.2) is 5.01 Å². The lowest BCUT2D eigenvalue weighted by molar-refractivity contribution is -0.140. The molecule has 1 rings (SSSR count). The molecule has 0 aliphatic carbocycles. The van der Waals surface area contributed by atoms with Crippen molar-refractivity contribution >= 4 is 37.8 Å². The van der Waals surface area contributed by atoms with Gasteiger partial charge in [-0.3, -0.25) is 0 Å². The van der Waals surface area contributed by atoms with Gasteiger partial charge in [0.2, 0.25) is 0 Å². The molecule has 4 heteroatoms. The number of hydrogen-bond acceptors (Lipinski definition) is 2. The molecule has 1 aromatic rings. The maximum Gasteiger partial charge on any atom is 0.334 e. The van der Waals surface area contributed by atoms with Crippen LogP contribution in [0.15, 0.2) is 40.9 Å². The van der Waals surface area contributed by atoms with Crippen molar-refractivity contribution in [3.05, 3.63) is 46.5 Å². The Morgan fingerprint density at radius 1 is 1.47 bits per heavy atom. The summed E-state index contributed by atoms with van der Waals surface area (Å²) in [5.74, 6) is -0.410. The number of rotatable bonds is 3. The second-order valence-electron chi connectivity index (χ2n) is 3.02. The first kappa shape index (κ1) is 12.5. The number of alkyl halides is 1. The molecule has 0 spiro atoms. The van der Waals surface area contributed by atoms with Gasteiger partial charge in [0.05, 0.1) is 0 Å². The van der Waals surface area contributed by atoms with E-state index >= 15 is 0 Å². The van der Waals surface area contributed by atoms with Crippen LogP contribution in [-0.2, 0) is 9.53 Å². The number of carbonyl (C=O) groups excluding carboxylic acids is 1. The third-order valence-corrected chi connectivity index (χ3v) is 3.11. The van der Waals surface area contributed by atoms with Crippen LogP contribution in [0.3, 0.4) is 0 Å². The Morgan fingerprint density at radius 2 is 2.07 bits per heavy atom. The highest BCUT2D eigenvalue weighted by molar-refractivity contribution is 9.11. The second kappa shape index (κ2) is 5.47. The highest BCUT2D eigenvalue weighted by atomic mass is 79.9. The van der Waals surface area contributed by atoms with Gasteiger partial charge in [-0.25, -0.2) is 4.79 Å². The maximum atomic E-state index is 11.3. The van der Waals surface area contributed by atoms with Crippen LogP contribution in [0, 0.1) is 0 Å². The summed E-state index contributed by atoms with van der Waals surface area (Å²) in [5, 5.41) is -0.461. The van der Waals surface area contributed by atoms with Crippen LogP contribution < -0.4 is 0 Å². The third kappa shape index (κ3) is 3.47. The molecule has 0 amide bonds. The molecule has 0 heterocycles. The predicted octanol–water partition coefficient (Wildman–Crippen LogP) is 3.96. The molecule has 1 unspecified atom stereocenters. The minimum Gasteiger partial charge on any atom is -0.442 e. The standard InChI is InChI=1S/C11H10Br2O2/c1-7(2)11(14)15-10(13)8-5-3-4-6-9(8)12/h3-6,10H,1H2,2H3.